The van der Waals surface area contributed by atoms with E-state index in [1.165, 1.54) is 16.5 Å². The minimum atomic E-state index is 0.144. The monoisotopic (exact) mass is 296 g/mol. The largest absolute Gasteiger partial charge is 0.360 e. The molecule has 0 saturated heterocycles. The molecule has 0 radical (unpaired) electrons. The van der Waals surface area contributed by atoms with Crippen LogP contribution in [0.15, 0.2) is 5.38 Å². The predicted octanol–water partition coefficient (Wildman–Crippen LogP) is 3.51. The van der Waals surface area contributed by atoms with Crippen LogP contribution in [0.4, 0.5) is 5.13 Å². The molecule has 4 nitrogen and oxygen atoms in total. The van der Waals surface area contributed by atoms with Gasteiger partial charge in [0.2, 0.25) is 5.13 Å². The molecule has 0 aliphatic rings. The quantitative estimate of drug-likeness (QED) is 0.917. The van der Waals surface area contributed by atoms with Crippen molar-refractivity contribution in [1.82, 2.24) is 14.3 Å². The van der Waals surface area contributed by atoms with E-state index in [9.17, 15) is 0 Å². The van der Waals surface area contributed by atoms with E-state index in [4.69, 9.17) is 0 Å². The molecule has 0 aliphatic carbocycles. The van der Waals surface area contributed by atoms with Crippen LogP contribution < -0.4 is 5.32 Å². The third-order valence-corrected chi connectivity index (χ3v) is 4.66. The molecule has 0 bridgehead atoms. The first-order chi connectivity index (χ1) is 8.99. The molecule has 0 amide bonds. The Morgan fingerprint density at radius 1 is 1.26 bits per heavy atom. The third kappa shape index (κ3) is 3.98. The Morgan fingerprint density at radius 2 is 2.05 bits per heavy atom. The fourth-order valence-corrected chi connectivity index (χ4v) is 3.15. The summed E-state index contributed by atoms with van der Waals surface area (Å²) in [7, 11) is 0. The highest BCUT2D eigenvalue weighted by atomic mass is 32.1. The Bertz CT molecular complexity index is 525. The number of hydrogen-bond donors (Lipinski definition) is 1. The van der Waals surface area contributed by atoms with Gasteiger partial charge in [0.1, 0.15) is 5.82 Å². The summed E-state index contributed by atoms with van der Waals surface area (Å²) in [5.41, 5.74) is 1.30. The Kier molecular flexibility index (Phi) is 4.52. The lowest BCUT2D eigenvalue weighted by molar-refractivity contribution is 0.583. The first-order valence-corrected chi connectivity index (χ1v) is 8.15. The summed E-state index contributed by atoms with van der Waals surface area (Å²) in [6.07, 6.45) is 1.81. The zero-order chi connectivity index (χ0) is 13.9. The van der Waals surface area contributed by atoms with Gasteiger partial charge < -0.3 is 5.32 Å². The molecule has 2 heterocycles. The number of aromatic nitrogens is 3. The van der Waals surface area contributed by atoms with Gasteiger partial charge in [0.25, 0.3) is 0 Å². The first-order valence-electron chi connectivity index (χ1n) is 6.50. The van der Waals surface area contributed by atoms with Gasteiger partial charge in [-0.1, -0.05) is 27.7 Å². The van der Waals surface area contributed by atoms with Gasteiger partial charge >= 0.3 is 0 Å². The minimum Gasteiger partial charge on any atom is -0.360 e. The van der Waals surface area contributed by atoms with Crippen molar-refractivity contribution >= 4 is 28.0 Å². The van der Waals surface area contributed by atoms with Crippen molar-refractivity contribution in [2.45, 2.75) is 46.0 Å². The van der Waals surface area contributed by atoms with E-state index in [0.29, 0.717) is 0 Å². The predicted molar refractivity (Wildman–Crippen MR) is 82.3 cm³/mol. The van der Waals surface area contributed by atoms with Gasteiger partial charge in [-0.3, -0.25) is 0 Å². The molecule has 19 heavy (non-hydrogen) atoms. The summed E-state index contributed by atoms with van der Waals surface area (Å²) in [5, 5.41) is 7.56. The second-order valence-electron chi connectivity index (χ2n) is 5.44. The van der Waals surface area contributed by atoms with Crippen molar-refractivity contribution in [2.75, 3.05) is 11.9 Å². The average molecular weight is 296 g/mol. The Labute approximate surface area is 122 Å². The van der Waals surface area contributed by atoms with E-state index >= 15 is 0 Å². The van der Waals surface area contributed by atoms with Crippen molar-refractivity contribution in [3.8, 4) is 0 Å². The second kappa shape index (κ2) is 5.96. The molecule has 0 aromatic carbocycles. The molecule has 2 rings (SSSR count). The highest BCUT2D eigenvalue weighted by molar-refractivity contribution is 7.10. The molecule has 2 aromatic heterocycles. The fourth-order valence-electron chi connectivity index (χ4n) is 1.53. The smallest absolute Gasteiger partial charge is 0.202 e. The van der Waals surface area contributed by atoms with E-state index in [-0.39, 0.29) is 5.41 Å². The van der Waals surface area contributed by atoms with Crippen LogP contribution in [0.3, 0.4) is 0 Å². The average Bonchev–Trinajstić information content (AvgIpc) is 2.96. The van der Waals surface area contributed by atoms with Crippen molar-refractivity contribution < 1.29 is 0 Å². The summed E-state index contributed by atoms with van der Waals surface area (Å²) >= 11 is 3.17. The van der Waals surface area contributed by atoms with Gasteiger partial charge in [-0.15, -0.1) is 11.3 Å². The van der Waals surface area contributed by atoms with Crippen LogP contribution in [0.5, 0.6) is 0 Å². The molecule has 2 aromatic rings. The first kappa shape index (κ1) is 14.4. The third-order valence-electron chi connectivity index (χ3n) is 2.64. The van der Waals surface area contributed by atoms with Gasteiger partial charge in [-0.25, -0.2) is 9.97 Å². The number of anilines is 1. The summed E-state index contributed by atoms with van der Waals surface area (Å²) in [4.78, 5) is 9.06. The second-order valence-corrected chi connectivity index (χ2v) is 7.05. The van der Waals surface area contributed by atoms with E-state index in [0.717, 1.165) is 36.0 Å². The molecule has 0 spiro atoms. The van der Waals surface area contributed by atoms with Crippen molar-refractivity contribution in [3.63, 3.8) is 0 Å². The lowest BCUT2D eigenvalue weighted by Crippen LogP contribution is -2.11. The summed E-state index contributed by atoms with van der Waals surface area (Å²) in [6.45, 7) is 9.50. The van der Waals surface area contributed by atoms with E-state index in [1.807, 2.05) is 0 Å². The normalized spacial score (nSPS) is 11.8. The van der Waals surface area contributed by atoms with E-state index in [2.05, 4.69) is 52.7 Å². The standard InChI is InChI=1S/C13H20N4S2/c1-5-10-16-12(19-17-10)14-7-6-9-8-18-11(15-9)13(2,3)4/h8H,5-7H2,1-4H3,(H,14,16,17). The van der Waals surface area contributed by atoms with Crippen LogP contribution in [0, 0.1) is 0 Å². The summed E-state index contributed by atoms with van der Waals surface area (Å²) in [6, 6.07) is 0. The van der Waals surface area contributed by atoms with Gasteiger partial charge in [0.05, 0.1) is 10.7 Å². The van der Waals surface area contributed by atoms with Crippen LogP contribution in [0.2, 0.25) is 0 Å². The zero-order valence-electron chi connectivity index (χ0n) is 11.9. The van der Waals surface area contributed by atoms with E-state index < -0.39 is 0 Å². The maximum Gasteiger partial charge on any atom is 0.202 e. The SMILES string of the molecule is CCc1nsc(NCCc2csc(C(C)(C)C)n2)n1. The maximum absolute atomic E-state index is 4.68. The molecule has 104 valence electrons. The molecule has 6 heteroatoms. The molecule has 0 atom stereocenters. The molecule has 0 saturated carbocycles. The number of thiazole rings is 1. The van der Waals surface area contributed by atoms with Gasteiger partial charge in [-0.2, -0.15) is 4.37 Å². The van der Waals surface area contributed by atoms with Gasteiger partial charge in [0.15, 0.2) is 0 Å². The lowest BCUT2D eigenvalue weighted by Gasteiger charge is -2.13. The Morgan fingerprint density at radius 3 is 2.63 bits per heavy atom. The van der Waals surface area contributed by atoms with Gasteiger partial charge in [0, 0.05) is 41.7 Å². The topological polar surface area (TPSA) is 50.7 Å². The molecule has 0 unspecified atom stereocenters. The van der Waals surface area contributed by atoms with Crippen molar-refractivity contribution in [3.05, 3.63) is 21.9 Å². The molecule has 1 N–H and O–H groups in total. The van der Waals surface area contributed by atoms with Crippen LogP contribution in [0.1, 0.15) is 44.2 Å². The lowest BCUT2D eigenvalue weighted by atomic mass is 9.98. The maximum atomic E-state index is 4.68. The number of rotatable bonds is 5. The highest BCUT2D eigenvalue weighted by Crippen LogP contribution is 2.25. The molecule has 0 fully saturated rings. The van der Waals surface area contributed by atoms with Crippen molar-refractivity contribution in [2.24, 2.45) is 0 Å². The molecular formula is C13H20N4S2. The zero-order valence-corrected chi connectivity index (χ0v) is 13.5. The van der Waals surface area contributed by atoms with E-state index in [1.54, 1.807) is 11.3 Å². The number of hydrogen-bond acceptors (Lipinski definition) is 6. The summed E-state index contributed by atoms with van der Waals surface area (Å²) in [5.74, 6) is 0.913. The highest BCUT2D eigenvalue weighted by Gasteiger charge is 2.17. The van der Waals surface area contributed by atoms with Crippen LogP contribution in [0.25, 0.3) is 0 Å². The summed E-state index contributed by atoms with van der Waals surface area (Å²) < 4.78 is 4.25. The van der Waals surface area contributed by atoms with Crippen LogP contribution >= 0.6 is 22.9 Å². The van der Waals surface area contributed by atoms with Gasteiger partial charge in [-0.05, 0) is 0 Å². The van der Waals surface area contributed by atoms with Crippen LogP contribution in [-0.2, 0) is 18.3 Å². The Hall–Kier alpha value is -1.01. The fraction of sp³-hybridized carbons (Fsp3) is 0.615. The molecule has 0 aliphatic heterocycles. The number of nitrogens with zero attached hydrogens (tertiary/aromatic N) is 3. The Balaban J connectivity index is 1.84. The number of aryl methyl sites for hydroxylation is 1. The molecular weight excluding hydrogens is 276 g/mol. The minimum absolute atomic E-state index is 0.144. The van der Waals surface area contributed by atoms with Crippen molar-refractivity contribution in [1.29, 1.82) is 0 Å². The van der Waals surface area contributed by atoms with Crippen LogP contribution in [-0.4, -0.2) is 20.9 Å². The number of nitrogens with one attached hydrogen (secondary N) is 1.